The molecule has 0 aromatic heterocycles. The van der Waals surface area contributed by atoms with E-state index < -0.39 is 0 Å². The fourth-order valence-corrected chi connectivity index (χ4v) is 3.18. The smallest absolute Gasteiger partial charge is 0.00747 e. The Balaban J connectivity index is 1.69. The molecule has 0 amide bonds. The lowest BCUT2D eigenvalue weighted by Gasteiger charge is -2.39. The average molecular weight is 195 g/mol. The molecule has 82 valence electrons. The molecule has 0 spiro atoms. The highest BCUT2D eigenvalue weighted by atomic mass is 15.0. The van der Waals surface area contributed by atoms with E-state index in [1.54, 1.807) is 0 Å². The monoisotopic (exact) mass is 195 g/mol. The first-order valence-corrected chi connectivity index (χ1v) is 6.54. The van der Waals surface area contributed by atoms with Gasteiger partial charge in [-0.3, -0.25) is 0 Å². The van der Waals surface area contributed by atoms with Crippen molar-refractivity contribution in [1.29, 1.82) is 0 Å². The second-order valence-electron chi connectivity index (χ2n) is 5.58. The van der Waals surface area contributed by atoms with E-state index in [4.69, 9.17) is 0 Å². The van der Waals surface area contributed by atoms with Crippen LogP contribution in [0.3, 0.4) is 0 Å². The maximum Gasteiger partial charge on any atom is 0.00747 e. The van der Waals surface area contributed by atoms with Gasteiger partial charge >= 0.3 is 0 Å². The van der Waals surface area contributed by atoms with Crippen LogP contribution >= 0.6 is 0 Å². The molecule has 0 heterocycles. The van der Waals surface area contributed by atoms with Crippen LogP contribution < -0.4 is 5.32 Å². The molecule has 0 bridgehead atoms. The molecule has 0 aromatic rings. The summed E-state index contributed by atoms with van der Waals surface area (Å²) in [6.45, 7) is 4.71. The van der Waals surface area contributed by atoms with Crippen molar-refractivity contribution in [3.8, 4) is 0 Å². The standard InChI is InChI=1S/C13H25N/c1-3-11-5-4-6-12(9-11)14-13-7-10(2)8-13/h10-14H,3-9H2,1-2H3. The molecule has 0 radical (unpaired) electrons. The Kier molecular flexibility index (Phi) is 3.48. The summed E-state index contributed by atoms with van der Waals surface area (Å²) in [4.78, 5) is 0. The Morgan fingerprint density at radius 3 is 2.50 bits per heavy atom. The van der Waals surface area contributed by atoms with E-state index in [0.717, 1.165) is 23.9 Å². The zero-order valence-corrected chi connectivity index (χ0v) is 9.76. The van der Waals surface area contributed by atoms with Crippen molar-refractivity contribution >= 4 is 0 Å². The van der Waals surface area contributed by atoms with E-state index in [9.17, 15) is 0 Å². The summed E-state index contributed by atoms with van der Waals surface area (Å²) in [5.74, 6) is 2.00. The third-order valence-electron chi connectivity index (χ3n) is 4.21. The van der Waals surface area contributed by atoms with Gasteiger partial charge in [-0.15, -0.1) is 0 Å². The van der Waals surface area contributed by atoms with E-state index in [-0.39, 0.29) is 0 Å². The normalized spacial score (nSPS) is 43.3. The Hall–Kier alpha value is -0.0400. The van der Waals surface area contributed by atoms with Gasteiger partial charge in [0.1, 0.15) is 0 Å². The quantitative estimate of drug-likeness (QED) is 0.728. The minimum Gasteiger partial charge on any atom is -0.311 e. The summed E-state index contributed by atoms with van der Waals surface area (Å²) >= 11 is 0. The molecule has 2 aliphatic rings. The van der Waals surface area contributed by atoms with E-state index in [2.05, 4.69) is 19.2 Å². The molecule has 0 saturated heterocycles. The van der Waals surface area contributed by atoms with Gasteiger partial charge in [0.25, 0.3) is 0 Å². The zero-order chi connectivity index (χ0) is 9.97. The Morgan fingerprint density at radius 1 is 1.07 bits per heavy atom. The van der Waals surface area contributed by atoms with E-state index >= 15 is 0 Å². The van der Waals surface area contributed by atoms with Gasteiger partial charge < -0.3 is 5.32 Å². The Labute approximate surface area is 88.7 Å². The lowest BCUT2D eigenvalue weighted by atomic mass is 9.79. The van der Waals surface area contributed by atoms with Crippen molar-refractivity contribution in [3.05, 3.63) is 0 Å². The minimum atomic E-state index is 0.853. The molecule has 2 unspecified atom stereocenters. The molecule has 2 aliphatic carbocycles. The third-order valence-corrected chi connectivity index (χ3v) is 4.21. The molecule has 2 saturated carbocycles. The molecule has 1 nitrogen and oxygen atoms in total. The van der Waals surface area contributed by atoms with Gasteiger partial charge in [0.15, 0.2) is 0 Å². The van der Waals surface area contributed by atoms with Crippen molar-refractivity contribution in [2.45, 2.75) is 70.9 Å². The fraction of sp³-hybridized carbons (Fsp3) is 1.00. The highest BCUT2D eigenvalue weighted by Gasteiger charge is 2.29. The number of hydrogen-bond acceptors (Lipinski definition) is 1. The van der Waals surface area contributed by atoms with Crippen molar-refractivity contribution in [2.24, 2.45) is 11.8 Å². The molecular weight excluding hydrogens is 170 g/mol. The number of hydrogen-bond donors (Lipinski definition) is 1. The van der Waals surface area contributed by atoms with Crippen LogP contribution in [-0.2, 0) is 0 Å². The predicted molar refractivity (Wildman–Crippen MR) is 61.4 cm³/mol. The molecular formula is C13H25N. The summed E-state index contributed by atoms with van der Waals surface area (Å²) in [5.41, 5.74) is 0. The van der Waals surface area contributed by atoms with Crippen LogP contribution in [0.1, 0.15) is 58.8 Å². The molecule has 14 heavy (non-hydrogen) atoms. The van der Waals surface area contributed by atoms with Gasteiger partial charge in [-0.25, -0.2) is 0 Å². The molecule has 0 aliphatic heterocycles. The second kappa shape index (κ2) is 4.65. The van der Waals surface area contributed by atoms with Crippen LogP contribution in [0.5, 0.6) is 0 Å². The van der Waals surface area contributed by atoms with E-state index in [1.165, 1.54) is 44.9 Å². The summed E-state index contributed by atoms with van der Waals surface area (Å²) in [5, 5.41) is 3.85. The number of rotatable bonds is 3. The molecule has 1 heteroatoms. The van der Waals surface area contributed by atoms with Crippen molar-refractivity contribution < 1.29 is 0 Å². The zero-order valence-electron chi connectivity index (χ0n) is 9.76. The van der Waals surface area contributed by atoms with E-state index in [0.29, 0.717) is 0 Å². The van der Waals surface area contributed by atoms with Crippen molar-refractivity contribution in [2.75, 3.05) is 0 Å². The maximum absolute atomic E-state index is 3.85. The lowest BCUT2D eigenvalue weighted by molar-refractivity contribution is 0.185. The first-order chi connectivity index (χ1) is 6.78. The van der Waals surface area contributed by atoms with Crippen LogP contribution in [-0.4, -0.2) is 12.1 Å². The Morgan fingerprint density at radius 2 is 1.86 bits per heavy atom. The average Bonchev–Trinajstić information content (AvgIpc) is 2.16. The third kappa shape index (κ3) is 2.50. The summed E-state index contributed by atoms with van der Waals surface area (Å²) < 4.78 is 0. The van der Waals surface area contributed by atoms with Crippen molar-refractivity contribution in [1.82, 2.24) is 5.32 Å². The molecule has 0 aromatic carbocycles. The molecule has 2 rings (SSSR count). The van der Waals surface area contributed by atoms with Gasteiger partial charge in [0, 0.05) is 12.1 Å². The van der Waals surface area contributed by atoms with Crippen LogP contribution in [0.15, 0.2) is 0 Å². The first-order valence-electron chi connectivity index (χ1n) is 6.54. The van der Waals surface area contributed by atoms with Crippen LogP contribution in [0, 0.1) is 11.8 Å². The maximum atomic E-state index is 3.85. The van der Waals surface area contributed by atoms with Gasteiger partial charge in [-0.05, 0) is 37.5 Å². The second-order valence-corrected chi connectivity index (χ2v) is 5.58. The van der Waals surface area contributed by atoms with Crippen molar-refractivity contribution in [3.63, 3.8) is 0 Å². The van der Waals surface area contributed by atoms with Gasteiger partial charge in [0.05, 0.1) is 0 Å². The van der Waals surface area contributed by atoms with Crippen LogP contribution in [0.2, 0.25) is 0 Å². The highest BCUT2D eigenvalue weighted by molar-refractivity contribution is 4.87. The molecule has 2 atom stereocenters. The molecule has 2 fully saturated rings. The fourth-order valence-electron chi connectivity index (χ4n) is 3.18. The number of nitrogens with one attached hydrogen (secondary N) is 1. The summed E-state index contributed by atoms with van der Waals surface area (Å²) in [7, 11) is 0. The summed E-state index contributed by atoms with van der Waals surface area (Å²) in [6.07, 6.45) is 10.1. The van der Waals surface area contributed by atoms with Crippen LogP contribution in [0.4, 0.5) is 0 Å². The highest BCUT2D eigenvalue weighted by Crippen LogP contribution is 2.31. The van der Waals surface area contributed by atoms with Gasteiger partial charge in [0.2, 0.25) is 0 Å². The minimum absolute atomic E-state index is 0.853. The Bertz CT molecular complexity index is 172. The van der Waals surface area contributed by atoms with Gasteiger partial charge in [-0.1, -0.05) is 33.1 Å². The lowest BCUT2D eigenvalue weighted by Crippen LogP contribution is -2.47. The SMILES string of the molecule is CCC1CCCC(NC2CC(C)C2)C1. The van der Waals surface area contributed by atoms with Gasteiger partial charge in [-0.2, -0.15) is 0 Å². The van der Waals surface area contributed by atoms with Crippen LogP contribution in [0.25, 0.3) is 0 Å². The summed E-state index contributed by atoms with van der Waals surface area (Å²) in [6, 6.07) is 1.72. The predicted octanol–water partition coefficient (Wildman–Crippen LogP) is 3.34. The first kappa shape index (κ1) is 10.5. The topological polar surface area (TPSA) is 12.0 Å². The largest absolute Gasteiger partial charge is 0.311 e. The molecule has 1 N–H and O–H groups in total. The van der Waals surface area contributed by atoms with E-state index in [1.807, 2.05) is 0 Å².